The first-order valence-corrected chi connectivity index (χ1v) is 18.7. The predicted molar refractivity (Wildman–Crippen MR) is 228 cm³/mol. The summed E-state index contributed by atoms with van der Waals surface area (Å²) in [4.78, 5) is 89.3. The number of primary amides is 1. The number of anilines is 5. The first-order valence-electron chi connectivity index (χ1n) is 18.7. The normalized spacial score (nSPS) is 11.7. The second-order valence-electron chi connectivity index (χ2n) is 13.7. The number of carbonyl (C=O) groups is 7. The number of carboxylic acids is 1. The number of methoxy groups -OCH3 is 1. The first-order chi connectivity index (χ1) is 29.9. The van der Waals surface area contributed by atoms with Crippen LogP contribution in [0.3, 0.4) is 0 Å². The van der Waals surface area contributed by atoms with Crippen molar-refractivity contribution in [2.45, 2.75) is 32.1 Å². The van der Waals surface area contributed by atoms with Crippen LogP contribution in [0.4, 0.5) is 28.4 Å². The minimum atomic E-state index is -1.65. The van der Waals surface area contributed by atoms with E-state index in [1.54, 1.807) is 13.8 Å². The van der Waals surface area contributed by atoms with Crippen LogP contribution in [0.25, 0.3) is 0 Å². The van der Waals surface area contributed by atoms with E-state index in [9.17, 15) is 43.9 Å². The standard InChI is InChI=1S/C43H40N7O13/c1-22(2)63-35-32(21-20-31(34(35)51)41(56)46-28-16-8-26(9-17-28)43(58)59)48-39(54)23-4-14-29(15-5-23)47-42(57)33(36(62-3)37(44)52)49-40(55)24-6-12-27(13-7-24)45-38(53)25-10-18-30(19-11-25)50(60)61/h4-22,33,36,51,60H,1-3H3,(H2,44,52)(H,45,53)(H,46,56)(H,47,57)(H,48,54)(H,49,55)(H,58,59)/q-1. The fourth-order valence-electron chi connectivity index (χ4n) is 5.79. The molecule has 5 aromatic rings. The predicted octanol–water partition coefficient (Wildman–Crippen LogP) is 4.57. The van der Waals surface area contributed by atoms with Gasteiger partial charge in [0.05, 0.1) is 28.6 Å². The average Bonchev–Trinajstić information content (AvgIpc) is 3.25. The molecule has 20 heteroatoms. The summed E-state index contributed by atoms with van der Waals surface area (Å²) in [5.74, 6) is -6.65. The van der Waals surface area contributed by atoms with Gasteiger partial charge in [-0.1, -0.05) is 0 Å². The SMILES string of the molecule is COC(C(N)=O)C(NC(=O)c1ccc(NC(=O)c2ccc(N([O-])O)cc2)cc1)C(=O)Nc1ccc(C(=O)Nc2ccc(C(=O)Nc3ccc(C(=O)O)cc3)c(O)c2OC(C)C)cc1. The second-order valence-corrected chi connectivity index (χ2v) is 13.7. The van der Waals surface area contributed by atoms with Crippen LogP contribution in [0.2, 0.25) is 0 Å². The highest BCUT2D eigenvalue weighted by Crippen LogP contribution is 2.39. The topological polar surface area (TPSA) is 311 Å². The molecule has 326 valence electrons. The van der Waals surface area contributed by atoms with Gasteiger partial charge in [-0.25, -0.2) is 4.79 Å². The van der Waals surface area contributed by atoms with Gasteiger partial charge < -0.3 is 62.4 Å². The van der Waals surface area contributed by atoms with Crippen molar-refractivity contribution in [3.05, 3.63) is 142 Å². The minimum Gasteiger partial charge on any atom is -0.733 e. The van der Waals surface area contributed by atoms with E-state index in [2.05, 4.69) is 26.6 Å². The maximum atomic E-state index is 13.5. The molecule has 0 aliphatic rings. The Morgan fingerprint density at radius 2 is 1.10 bits per heavy atom. The van der Waals surface area contributed by atoms with E-state index >= 15 is 0 Å². The number of aromatic hydroxyl groups is 1. The molecular formula is C43H40N7O13-. The third-order valence-corrected chi connectivity index (χ3v) is 8.94. The summed E-state index contributed by atoms with van der Waals surface area (Å²) in [7, 11) is 1.12. The molecule has 0 saturated heterocycles. The molecule has 0 fully saturated rings. The van der Waals surface area contributed by atoms with Gasteiger partial charge in [0.15, 0.2) is 17.6 Å². The molecule has 5 rings (SSSR count). The van der Waals surface area contributed by atoms with Crippen LogP contribution in [0.5, 0.6) is 11.5 Å². The second kappa shape index (κ2) is 20.3. The fourth-order valence-corrected chi connectivity index (χ4v) is 5.79. The summed E-state index contributed by atoms with van der Waals surface area (Å²) in [6.07, 6.45) is -2.12. The highest BCUT2D eigenvalue weighted by molar-refractivity contribution is 6.10. The van der Waals surface area contributed by atoms with E-state index in [4.69, 9.17) is 25.5 Å². The van der Waals surface area contributed by atoms with Crippen molar-refractivity contribution in [3.8, 4) is 11.5 Å². The largest absolute Gasteiger partial charge is 0.733 e. The van der Waals surface area contributed by atoms with Gasteiger partial charge in [0.2, 0.25) is 11.8 Å². The molecule has 2 unspecified atom stereocenters. The van der Waals surface area contributed by atoms with Crippen molar-refractivity contribution in [2.24, 2.45) is 5.73 Å². The van der Waals surface area contributed by atoms with Crippen molar-refractivity contribution < 1.29 is 58.5 Å². The third-order valence-electron chi connectivity index (χ3n) is 8.94. The quantitative estimate of drug-likeness (QED) is 0.0579. The van der Waals surface area contributed by atoms with E-state index in [1.165, 1.54) is 109 Å². The molecule has 0 aliphatic carbocycles. The Kier molecular flexibility index (Phi) is 14.7. The molecule has 6 amide bonds. The van der Waals surface area contributed by atoms with Gasteiger partial charge in [-0.05, 0) is 123 Å². The van der Waals surface area contributed by atoms with Crippen molar-refractivity contribution in [1.29, 1.82) is 0 Å². The summed E-state index contributed by atoms with van der Waals surface area (Å²) in [5, 5.41) is 52.7. The minimum absolute atomic E-state index is 0.0110. The molecular weight excluding hydrogens is 823 g/mol. The zero-order chi connectivity index (χ0) is 46.0. The molecule has 10 N–H and O–H groups in total. The Hall–Kier alpha value is -8.33. The Labute approximate surface area is 358 Å². The fraction of sp³-hybridized carbons (Fsp3) is 0.140. The summed E-state index contributed by atoms with van der Waals surface area (Å²) >= 11 is 0. The molecule has 0 heterocycles. The van der Waals surface area contributed by atoms with E-state index in [1.807, 2.05) is 0 Å². The van der Waals surface area contributed by atoms with Crippen molar-refractivity contribution in [3.63, 3.8) is 0 Å². The van der Waals surface area contributed by atoms with E-state index in [0.717, 1.165) is 7.11 Å². The average molecular weight is 863 g/mol. The first kappa shape index (κ1) is 45.7. The lowest BCUT2D eigenvalue weighted by atomic mass is 10.1. The highest BCUT2D eigenvalue weighted by Gasteiger charge is 2.34. The summed E-state index contributed by atoms with van der Waals surface area (Å²) in [6.45, 7) is 3.33. The molecule has 0 radical (unpaired) electrons. The number of ether oxygens (including phenoxy) is 2. The van der Waals surface area contributed by atoms with Gasteiger partial charge in [0, 0.05) is 40.9 Å². The maximum absolute atomic E-state index is 13.5. The number of phenols is 1. The summed E-state index contributed by atoms with van der Waals surface area (Å²) < 4.78 is 10.9. The smallest absolute Gasteiger partial charge is 0.335 e. The number of nitrogens with one attached hydrogen (secondary N) is 5. The monoisotopic (exact) mass is 862 g/mol. The number of hydrogen-bond donors (Lipinski definition) is 9. The lowest BCUT2D eigenvalue weighted by Gasteiger charge is -2.24. The maximum Gasteiger partial charge on any atom is 0.335 e. The third kappa shape index (κ3) is 11.7. The molecule has 0 bridgehead atoms. The number of amides is 6. The van der Waals surface area contributed by atoms with Gasteiger partial charge >= 0.3 is 5.97 Å². The molecule has 0 aliphatic heterocycles. The molecule has 2 atom stereocenters. The zero-order valence-electron chi connectivity index (χ0n) is 33.6. The van der Waals surface area contributed by atoms with Crippen LogP contribution >= 0.6 is 0 Å². The Balaban J connectivity index is 1.24. The number of carboxylic acid groups (broad SMARTS) is 1. The lowest BCUT2D eigenvalue weighted by molar-refractivity contribution is -0.134. The van der Waals surface area contributed by atoms with Crippen LogP contribution in [-0.4, -0.2) is 82.2 Å². The number of phenolic OH excluding ortho intramolecular Hbond substituents is 1. The van der Waals surface area contributed by atoms with Crippen molar-refractivity contribution in [2.75, 3.05) is 33.6 Å². The molecule has 20 nitrogen and oxygen atoms in total. The number of nitrogens with two attached hydrogens (primary N) is 1. The zero-order valence-corrected chi connectivity index (χ0v) is 33.6. The van der Waals surface area contributed by atoms with Gasteiger partial charge in [0.25, 0.3) is 23.6 Å². The number of rotatable bonds is 17. The van der Waals surface area contributed by atoms with Gasteiger partial charge in [-0.15, -0.1) is 0 Å². The number of carbonyl (C=O) groups excluding carboxylic acids is 6. The van der Waals surface area contributed by atoms with Crippen LogP contribution in [0.15, 0.2) is 109 Å². The molecule has 5 aromatic carbocycles. The van der Waals surface area contributed by atoms with E-state index < -0.39 is 65.4 Å². The number of nitrogens with zero attached hydrogens (tertiary/aromatic N) is 1. The summed E-state index contributed by atoms with van der Waals surface area (Å²) in [6, 6.07) is 22.4. The Morgan fingerprint density at radius 3 is 1.57 bits per heavy atom. The van der Waals surface area contributed by atoms with Gasteiger partial charge in [-0.2, -0.15) is 0 Å². The van der Waals surface area contributed by atoms with Crippen LogP contribution in [0.1, 0.15) is 65.6 Å². The van der Waals surface area contributed by atoms with Crippen LogP contribution in [0, 0.1) is 5.21 Å². The number of aromatic carboxylic acids is 1. The van der Waals surface area contributed by atoms with Gasteiger partial charge in [-0.3, -0.25) is 34.0 Å². The number of hydrogen-bond acceptors (Lipinski definition) is 13. The number of benzene rings is 5. The lowest BCUT2D eigenvalue weighted by Crippen LogP contribution is -2.56. The van der Waals surface area contributed by atoms with Crippen molar-refractivity contribution in [1.82, 2.24) is 5.32 Å². The molecule has 0 aromatic heterocycles. The summed E-state index contributed by atoms with van der Waals surface area (Å²) in [5.41, 5.74) is 6.22. The van der Waals surface area contributed by atoms with Gasteiger partial charge in [0.1, 0.15) is 6.04 Å². The Morgan fingerprint density at radius 1 is 0.635 bits per heavy atom. The highest BCUT2D eigenvalue weighted by atomic mass is 16.8. The Bertz CT molecular complexity index is 2510. The van der Waals surface area contributed by atoms with Crippen LogP contribution in [-0.2, 0) is 14.3 Å². The molecule has 0 spiro atoms. The van der Waals surface area contributed by atoms with E-state index in [0.29, 0.717) is 0 Å². The molecule has 63 heavy (non-hydrogen) atoms. The van der Waals surface area contributed by atoms with Crippen molar-refractivity contribution >= 4 is 69.8 Å². The molecule has 0 saturated carbocycles. The van der Waals surface area contributed by atoms with E-state index in [-0.39, 0.29) is 67.2 Å². The van der Waals surface area contributed by atoms with Crippen LogP contribution < -0.4 is 42.3 Å².